The van der Waals surface area contributed by atoms with E-state index in [4.69, 9.17) is 0 Å². The molecule has 1 aromatic rings. The first kappa shape index (κ1) is 19.6. The Morgan fingerprint density at radius 3 is 2.59 bits per heavy atom. The quantitative estimate of drug-likeness (QED) is 0.424. The summed E-state index contributed by atoms with van der Waals surface area (Å²) < 4.78 is 0. The van der Waals surface area contributed by atoms with E-state index in [0.29, 0.717) is 6.04 Å². The van der Waals surface area contributed by atoms with Gasteiger partial charge in [0, 0.05) is 25.4 Å². The van der Waals surface area contributed by atoms with Crippen molar-refractivity contribution in [2.24, 2.45) is 4.99 Å². The van der Waals surface area contributed by atoms with E-state index in [1.54, 1.807) is 0 Å². The summed E-state index contributed by atoms with van der Waals surface area (Å²) in [6, 6.07) is 9.48. The van der Waals surface area contributed by atoms with Gasteiger partial charge in [-0.15, -0.1) is 24.0 Å². The molecule has 22 heavy (non-hydrogen) atoms. The van der Waals surface area contributed by atoms with Crippen molar-refractivity contribution in [3.63, 3.8) is 0 Å². The first-order valence-electron chi connectivity index (χ1n) is 7.94. The Kier molecular flexibility index (Phi) is 9.95. The van der Waals surface area contributed by atoms with E-state index in [9.17, 15) is 0 Å². The molecule has 3 nitrogen and oxygen atoms in total. The number of aliphatic imine (C=N–C) groups is 1. The lowest BCUT2D eigenvalue weighted by Gasteiger charge is -2.24. The van der Waals surface area contributed by atoms with Crippen LogP contribution < -0.4 is 10.6 Å². The predicted molar refractivity (Wildman–Crippen MR) is 110 cm³/mol. The van der Waals surface area contributed by atoms with Gasteiger partial charge >= 0.3 is 0 Å². The number of thioether (sulfide) groups is 1. The van der Waals surface area contributed by atoms with Crippen molar-refractivity contribution in [3.05, 3.63) is 35.4 Å². The van der Waals surface area contributed by atoms with Crippen LogP contribution in [0, 0.1) is 0 Å². The van der Waals surface area contributed by atoms with Gasteiger partial charge in [0.1, 0.15) is 0 Å². The fraction of sp³-hybridized carbons (Fsp3) is 0.588. The fourth-order valence-electron chi connectivity index (χ4n) is 2.51. The molecule has 0 spiro atoms. The van der Waals surface area contributed by atoms with Gasteiger partial charge in [-0.3, -0.25) is 4.99 Å². The van der Waals surface area contributed by atoms with Gasteiger partial charge in [0.25, 0.3) is 0 Å². The average molecular weight is 433 g/mol. The second kappa shape index (κ2) is 11.2. The minimum Gasteiger partial charge on any atom is -0.356 e. The third-order valence-corrected chi connectivity index (χ3v) is 5.08. The molecule has 1 aliphatic heterocycles. The molecule has 2 rings (SSSR count). The van der Waals surface area contributed by atoms with Crippen LogP contribution in [0.15, 0.2) is 29.3 Å². The van der Waals surface area contributed by atoms with E-state index >= 15 is 0 Å². The lowest BCUT2D eigenvalue weighted by molar-refractivity contribution is 0.582. The number of nitrogens with zero attached hydrogens (tertiary/aromatic N) is 1. The zero-order valence-electron chi connectivity index (χ0n) is 13.6. The van der Waals surface area contributed by atoms with Gasteiger partial charge in [-0.05, 0) is 42.6 Å². The Morgan fingerprint density at radius 1 is 1.27 bits per heavy atom. The Hall–Kier alpha value is -0.430. The number of nitrogens with one attached hydrogen (secondary N) is 2. The summed E-state index contributed by atoms with van der Waals surface area (Å²) in [6.45, 7) is 3.11. The van der Waals surface area contributed by atoms with Crippen LogP contribution in [0.3, 0.4) is 0 Å². The van der Waals surface area contributed by atoms with E-state index in [1.165, 1.54) is 35.5 Å². The van der Waals surface area contributed by atoms with Gasteiger partial charge < -0.3 is 10.6 Å². The highest BCUT2D eigenvalue weighted by Crippen LogP contribution is 2.16. The minimum atomic E-state index is 0. The molecule has 0 saturated carbocycles. The highest BCUT2D eigenvalue weighted by molar-refractivity contribution is 14.0. The zero-order chi connectivity index (χ0) is 14.9. The molecule has 1 heterocycles. The van der Waals surface area contributed by atoms with Crippen molar-refractivity contribution in [1.82, 2.24) is 10.6 Å². The van der Waals surface area contributed by atoms with Gasteiger partial charge in [-0.2, -0.15) is 11.8 Å². The molecule has 1 saturated heterocycles. The predicted octanol–water partition coefficient (Wildman–Crippen LogP) is 3.47. The number of rotatable bonds is 5. The van der Waals surface area contributed by atoms with Crippen LogP contribution in [0.5, 0.6) is 0 Å². The van der Waals surface area contributed by atoms with Crippen LogP contribution in [-0.2, 0) is 12.8 Å². The summed E-state index contributed by atoms with van der Waals surface area (Å²) in [6.07, 6.45) is 4.70. The van der Waals surface area contributed by atoms with E-state index in [1.807, 2.05) is 18.8 Å². The van der Waals surface area contributed by atoms with E-state index < -0.39 is 0 Å². The number of hydrogen-bond donors (Lipinski definition) is 2. The molecule has 0 amide bonds. The smallest absolute Gasteiger partial charge is 0.191 e. The molecular weight excluding hydrogens is 405 g/mol. The molecule has 2 N–H and O–H groups in total. The topological polar surface area (TPSA) is 36.4 Å². The molecule has 0 aliphatic carbocycles. The molecule has 124 valence electrons. The lowest BCUT2D eigenvalue weighted by atomic mass is 10.1. The van der Waals surface area contributed by atoms with Crippen molar-refractivity contribution in [1.29, 1.82) is 0 Å². The zero-order valence-corrected chi connectivity index (χ0v) is 16.7. The highest BCUT2D eigenvalue weighted by atomic mass is 127. The molecular formula is C17H28IN3S. The number of halogens is 1. The van der Waals surface area contributed by atoms with Crippen LogP contribution in [0.1, 0.15) is 30.9 Å². The SMILES string of the molecule is CCc1ccc(CCNC(=NC)NC2CCCSC2)cc1.I. The van der Waals surface area contributed by atoms with Crippen LogP contribution in [-0.4, -0.2) is 37.1 Å². The number of aryl methyl sites for hydroxylation is 1. The number of guanidine groups is 1. The summed E-state index contributed by atoms with van der Waals surface area (Å²) in [5.74, 6) is 3.43. The number of hydrogen-bond acceptors (Lipinski definition) is 2. The third kappa shape index (κ3) is 6.77. The van der Waals surface area contributed by atoms with Crippen molar-refractivity contribution in [3.8, 4) is 0 Å². The monoisotopic (exact) mass is 433 g/mol. The minimum absolute atomic E-state index is 0. The van der Waals surface area contributed by atoms with E-state index in [0.717, 1.165) is 25.3 Å². The summed E-state index contributed by atoms with van der Waals surface area (Å²) >= 11 is 2.03. The van der Waals surface area contributed by atoms with E-state index in [-0.39, 0.29) is 24.0 Å². The van der Waals surface area contributed by atoms with Crippen LogP contribution in [0.2, 0.25) is 0 Å². The van der Waals surface area contributed by atoms with E-state index in [2.05, 4.69) is 46.8 Å². The van der Waals surface area contributed by atoms with Crippen LogP contribution >= 0.6 is 35.7 Å². The average Bonchev–Trinajstić information content (AvgIpc) is 2.55. The standard InChI is InChI=1S/C17H27N3S.HI/c1-3-14-6-8-15(9-7-14)10-11-19-17(18-2)20-16-5-4-12-21-13-16;/h6-9,16H,3-5,10-13H2,1-2H3,(H2,18,19,20);1H. The van der Waals surface area contributed by atoms with Crippen molar-refractivity contribution < 1.29 is 0 Å². The Labute approximate surface area is 156 Å². The molecule has 5 heteroatoms. The summed E-state index contributed by atoms with van der Waals surface area (Å²) in [5, 5.41) is 6.95. The van der Waals surface area contributed by atoms with Crippen molar-refractivity contribution in [2.75, 3.05) is 25.1 Å². The summed E-state index contributed by atoms with van der Waals surface area (Å²) in [4.78, 5) is 4.33. The maximum Gasteiger partial charge on any atom is 0.191 e. The first-order chi connectivity index (χ1) is 10.3. The van der Waals surface area contributed by atoms with Gasteiger partial charge in [0.2, 0.25) is 0 Å². The summed E-state index contributed by atoms with van der Waals surface area (Å²) in [5.41, 5.74) is 2.78. The summed E-state index contributed by atoms with van der Waals surface area (Å²) in [7, 11) is 1.85. The maximum atomic E-state index is 4.33. The molecule has 1 aromatic carbocycles. The van der Waals surface area contributed by atoms with Crippen molar-refractivity contribution >= 4 is 41.7 Å². The molecule has 0 radical (unpaired) electrons. The van der Waals surface area contributed by atoms with Gasteiger partial charge in [-0.25, -0.2) is 0 Å². The lowest BCUT2D eigenvalue weighted by Crippen LogP contribution is -2.46. The van der Waals surface area contributed by atoms with Crippen LogP contribution in [0.25, 0.3) is 0 Å². The molecule has 1 atom stereocenters. The Bertz CT molecular complexity index is 442. The number of benzene rings is 1. The largest absolute Gasteiger partial charge is 0.356 e. The molecule has 0 aromatic heterocycles. The first-order valence-corrected chi connectivity index (χ1v) is 9.10. The third-order valence-electron chi connectivity index (χ3n) is 3.86. The van der Waals surface area contributed by atoms with Crippen molar-refractivity contribution in [2.45, 2.75) is 38.6 Å². The van der Waals surface area contributed by atoms with Gasteiger partial charge in [0.15, 0.2) is 5.96 Å². The van der Waals surface area contributed by atoms with Gasteiger partial charge in [-0.1, -0.05) is 31.2 Å². The maximum absolute atomic E-state index is 4.33. The fourth-order valence-corrected chi connectivity index (χ4v) is 3.58. The second-order valence-electron chi connectivity index (χ2n) is 5.48. The molecule has 1 aliphatic rings. The second-order valence-corrected chi connectivity index (χ2v) is 6.63. The normalized spacial score (nSPS) is 18.5. The molecule has 0 bridgehead atoms. The molecule has 1 fully saturated rings. The Morgan fingerprint density at radius 2 is 2.00 bits per heavy atom. The highest BCUT2D eigenvalue weighted by Gasteiger charge is 2.14. The van der Waals surface area contributed by atoms with Crippen LogP contribution in [0.4, 0.5) is 0 Å². The molecule has 1 unspecified atom stereocenters. The Balaban J connectivity index is 0.00000242. The van der Waals surface area contributed by atoms with Gasteiger partial charge in [0.05, 0.1) is 0 Å².